The summed E-state index contributed by atoms with van der Waals surface area (Å²) in [6.45, 7) is 2.18. The number of phenolic OH excluding ortho intramolecular Hbond substituents is 1. The molecule has 3 aliphatic rings. The van der Waals surface area contributed by atoms with Crippen LogP contribution in [0.5, 0.6) is 17.2 Å². The number of hydrogen-bond acceptors (Lipinski definition) is 25. The van der Waals surface area contributed by atoms with Gasteiger partial charge in [-0.2, -0.15) is 0 Å². The van der Waals surface area contributed by atoms with Gasteiger partial charge in [-0.1, -0.05) is 55.7 Å². The number of aliphatic hydroxyl groups is 6. The summed E-state index contributed by atoms with van der Waals surface area (Å²) in [5.41, 5.74) is 6.84. The molecule has 31 nitrogen and oxygen atoms in total. The van der Waals surface area contributed by atoms with Crippen LogP contribution in [0.25, 0.3) is 21.1 Å². The van der Waals surface area contributed by atoms with Crippen molar-refractivity contribution in [3.63, 3.8) is 0 Å². The van der Waals surface area contributed by atoms with Crippen LogP contribution in [0.3, 0.4) is 0 Å². The number of nitrogens with two attached hydrogens (primary N) is 1. The number of nitrogens with zero attached hydrogens (tertiary/aromatic N) is 4. The van der Waals surface area contributed by atoms with E-state index in [1.54, 1.807) is 19.2 Å². The molecule has 0 aliphatic carbocycles. The van der Waals surface area contributed by atoms with Crippen LogP contribution in [0.2, 0.25) is 0 Å². The molecule has 14 N–H and O–H groups in total. The number of phenols is 1. The summed E-state index contributed by atoms with van der Waals surface area (Å²) >= 11 is 1.28. The minimum absolute atomic E-state index is 0. The molecule has 3 aromatic carbocycles. The van der Waals surface area contributed by atoms with Crippen LogP contribution in [-0.2, 0) is 54.1 Å². The van der Waals surface area contributed by atoms with E-state index in [4.69, 9.17) is 19.4 Å². The number of unbranched alkanes of at least 4 members (excludes halogenated alkanes) is 4. The van der Waals surface area contributed by atoms with Crippen molar-refractivity contribution in [3.8, 4) is 38.4 Å². The Bertz CT molecular complexity index is 3160. The Morgan fingerprint density at radius 1 is 0.772 bits per heavy atom. The van der Waals surface area contributed by atoms with Gasteiger partial charge in [0, 0.05) is 75.2 Å². The van der Waals surface area contributed by atoms with E-state index >= 15 is 0 Å². The fraction of sp³-hybridized carbons (Fsp3) is 0.517. The smallest absolute Gasteiger partial charge is 0.691 e. The first-order valence-corrected chi connectivity index (χ1v) is 30.7. The Balaban J connectivity index is 0.0000134. The zero-order valence-corrected chi connectivity index (χ0v) is 54.4. The van der Waals surface area contributed by atoms with Gasteiger partial charge in [-0.15, -0.1) is 14.5 Å². The average molecular weight is 1340 g/mol. The fourth-order valence-corrected chi connectivity index (χ4v) is 11.8. The van der Waals surface area contributed by atoms with E-state index in [2.05, 4.69) is 46.2 Å². The minimum atomic E-state index is -2.22. The number of primary amides is 1. The van der Waals surface area contributed by atoms with E-state index in [1.165, 1.54) is 36.5 Å². The summed E-state index contributed by atoms with van der Waals surface area (Å²) < 4.78 is 20.2. The van der Waals surface area contributed by atoms with Crippen LogP contribution in [0, 0.1) is 5.92 Å². The quantitative estimate of drug-likeness (QED) is 0.0102. The second-order valence-corrected chi connectivity index (χ2v) is 23.8. The van der Waals surface area contributed by atoms with Gasteiger partial charge in [0.2, 0.25) is 41.4 Å². The van der Waals surface area contributed by atoms with Crippen molar-refractivity contribution >= 4 is 70.9 Å². The largest absolute Gasteiger partial charge is 1.00 e. The summed E-state index contributed by atoms with van der Waals surface area (Å²) in [5.74, 6) is -10.5. The van der Waals surface area contributed by atoms with Gasteiger partial charge in [0.05, 0.1) is 49.7 Å². The van der Waals surface area contributed by atoms with E-state index in [-0.39, 0.29) is 58.8 Å². The number of aromatic hydroxyl groups is 1. The molecule has 0 saturated carbocycles. The molecule has 0 radical (unpaired) electrons. The number of carbonyl (C=O) groups is 8. The van der Waals surface area contributed by atoms with E-state index in [0.29, 0.717) is 27.9 Å². The Hall–Kier alpha value is -6.67. The second kappa shape index (κ2) is 35.6. The van der Waals surface area contributed by atoms with Crippen LogP contribution in [0.4, 0.5) is 0 Å². The summed E-state index contributed by atoms with van der Waals surface area (Å²) in [4.78, 5) is 115. The molecule has 8 amide bonds. The number of fused-ring (bicyclic) bond motifs is 2. The number of aromatic nitrogens is 2. The van der Waals surface area contributed by atoms with Gasteiger partial charge in [-0.25, -0.2) is 0 Å². The summed E-state index contributed by atoms with van der Waals surface area (Å²) in [7, 11) is 1.69. The van der Waals surface area contributed by atoms with Gasteiger partial charge in [-0.05, 0) is 73.9 Å². The maximum absolute atomic E-state index is 14.7. The first kappa shape index (κ1) is 74.4. The van der Waals surface area contributed by atoms with Gasteiger partial charge in [0.1, 0.15) is 52.0 Å². The normalized spacial score (nSPS) is 24.5. The minimum Gasteiger partial charge on any atom is -0.691 e. The maximum atomic E-state index is 14.7. The maximum Gasteiger partial charge on any atom is 1.00 e. The third kappa shape index (κ3) is 20.2. The molecule has 7 rings (SSSR count). The predicted molar refractivity (Wildman–Crippen MR) is 318 cm³/mol. The van der Waals surface area contributed by atoms with Crippen molar-refractivity contribution in [1.29, 1.82) is 0 Å². The van der Waals surface area contributed by atoms with Gasteiger partial charge >= 0.3 is 29.6 Å². The van der Waals surface area contributed by atoms with E-state index in [9.17, 15) is 79.4 Å². The molecule has 3 aliphatic heterocycles. The van der Waals surface area contributed by atoms with E-state index < -0.39 is 177 Å². The third-order valence-corrected chi connectivity index (χ3v) is 16.9. The molecule has 0 bridgehead atoms. The van der Waals surface area contributed by atoms with Crippen LogP contribution in [0.15, 0.2) is 66.7 Å². The number of β-amino-alcohol motifs (C(OH)–C–C–N with tert-alkyl or cyclic N) is 1. The third-order valence-electron chi connectivity index (χ3n) is 15.5. The zero-order chi connectivity index (χ0) is 66.1. The zero-order valence-electron chi connectivity index (χ0n) is 50.8. The molecule has 13 unspecified atom stereocenters. The molecular weight excluding hydrogens is 1260 g/mol. The standard InChI is InChI=1S/C58H76N10O21S2.Na/c1-29-27-68-48(49(29)76)54(81)60-26-35(70)23-38(61-50(77)32-10-12-33(13-11-32)55-65-66-56(90-55)34-14-16-37(17-15-34)86-20-8-6-4-5-7-19-85-3)51(78)62-45(30(2)69)57(82)67-28-36(71)24-39(67)52(79)63-46(53(80)64-47(58(68)83)42(74)25-44(59)75)41(73)21-31-9-18-40(72)43(22-31)87-91-89-88-84;/h9-18,22,29-30,35-36,38-39,41-42,45-49,69-74,76,84H,4-8,19-21,23-28H2,1-3H3,(H2,59,75)(H,60,81)(H,61,77)(H,62,78)(H,63,79)(H,64,80);/q;+1/p-1. The molecule has 1 aromatic heterocycles. The number of hydrogen-bond donors (Lipinski definition) is 13. The predicted octanol–water partition coefficient (Wildman–Crippen LogP) is -5.45. The monoisotopic (exact) mass is 1330 g/mol. The number of rotatable bonds is 24. The number of methoxy groups -OCH3 is 1. The van der Waals surface area contributed by atoms with Crippen LogP contribution in [0.1, 0.15) is 81.1 Å². The molecule has 92 heavy (non-hydrogen) atoms. The topological polar surface area (TPSA) is 466 Å². The number of amides is 8. The number of carbonyl (C=O) groups excluding carboxylic acids is 8. The van der Waals surface area contributed by atoms with Gasteiger partial charge in [-0.3, -0.25) is 43.4 Å². The molecular formula is C58H75N10NaO21S2. The number of benzene rings is 3. The van der Waals surface area contributed by atoms with Crippen LogP contribution < -0.4 is 76.1 Å². The molecule has 3 fully saturated rings. The van der Waals surface area contributed by atoms with Crippen molar-refractivity contribution in [2.45, 2.75) is 145 Å². The molecule has 4 heterocycles. The molecule has 0 spiro atoms. The summed E-state index contributed by atoms with van der Waals surface area (Å²) in [6, 6.07) is 5.21. The summed E-state index contributed by atoms with van der Waals surface area (Å²) in [6.07, 6.45) is -8.48. The van der Waals surface area contributed by atoms with Gasteiger partial charge in [0.25, 0.3) is 18.2 Å². The number of ether oxygens (including phenoxy) is 2. The number of aliphatic hydroxyl groups excluding tert-OH is 6. The molecule has 13 atom stereocenters. The Morgan fingerprint density at radius 3 is 2.03 bits per heavy atom. The van der Waals surface area contributed by atoms with Crippen molar-refractivity contribution in [3.05, 3.63) is 77.9 Å². The molecule has 34 heteroatoms. The molecule has 4 aromatic rings. The van der Waals surface area contributed by atoms with E-state index in [0.717, 1.165) is 73.1 Å². The SMILES string of the molecule is COCCCCCCCOc1ccc(-c2nnc(-c3ccc(C(=O)NC4CC(O)CNC(=O)C5C(O)C(C)CN5C(=O)C(C(O)CC(N)=O)NC(=O)C(C(O)Cc5ccc(O)c(OSOO[O-])c5)NC(=O)C5CC(O)CN5C(=O)C(C(C)O)NC4=O)cc3)s2)cc1.[Na+]. The summed E-state index contributed by atoms with van der Waals surface area (Å²) in [5, 5.41) is 114. The number of nitrogens with one attached hydrogen (secondary N) is 5. The molecule has 3 saturated heterocycles. The fourth-order valence-electron chi connectivity index (χ4n) is 10.6. The van der Waals surface area contributed by atoms with Crippen molar-refractivity contribution in [2.75, 3.05) is 40.0 Å². The second-order valence-electron chi connectivity index (χ2n) is 22.4. The van der Waals surface area contributed by atoms with Crippen molar-refractivity contribution < 1.29 is 132 Å². The van der Waals surface area contributed by atoms with Crippen molar-refractivity contribution in [2.24, 2.45) is 11.7 Å². The average Bonchev–Trinajstić information content (AvgIpc) is 1.65. The van der Waals surface area contributed by atoms with Gasteiger partial charge in [0.15, 0.2) is 11.5 Å². The van der Waals surface area contributed by atoms with Crippen LogP contribution in [-0.4, -0.2) is 216 Å². The Morgan fingerprint density at radius 2 is 1.39 bits per heavy atom. The first-order valence-electron chi connectivity index (χ1n) is 29.2. The Kier molecular flexibility index (Phi) is 28.7. The Labute approximate surface area is 558 Å². The van der Waals surface area contributed by atoms with Gasteiger partial charge < -0.3 is 96.8 Å². The first-order chi connectivity index (χ1) is 43.5. The van der Waals surface area contributed by atoms with E-state index in [1.807, 2.05) is 24.3 Å². The molecule has 496 valence electrons. The van der Waals surface area contributed by atoms with Crippen LogP contribution >= 0.6 is 23.7 Å². The van der Waals surface area contributed by atoms with Crippen molar-refractivity contribution in [1.82, 2.24) is 46.6 Å².